The number of carbonyl (C=O) groups excluding carboxylic acids is 1. The first-order valence-corrected chi connectivity index (χ1v) is 4.45. The lowest BCUT2D eigenvalue weighted by atomic mass is 10.2. The monoisotopic (exact) mass is 255 g/mol. The maximum atomic E-state index is 12.4. The van der Waals surface area contributed by atoms with E-state index in [-0.39, 0.29) is 16.5 Å². The molecule has 0 bridgehead atoms. The van der Waals surface area contributed by atoms with Crippen LogP contribution in [0.1, 0.15) is 22.5 Å². The summed E-state index contributed by atoms with van der Waals surface area (Å²) in [6, 6.07) is 0. The van der Waals surface area contributed by atoms with E-state index < -0.39 is 17.2 Å². The van der Waals surface area contributed by atoms with Gasteiger partial charge in [-0.2, -0.15) is 0 Å². The summed E-state index contributed by atoms with van der Waals surface area (Å²) < 4.78 is 29.5. The second kappa shape index (κ2) is 4.72. The highest BCUT2D eigenvalue weighted by Crippen LogP contribution is 2.36. The summed E-state index contributed by atoms with van der Waals surface area (Å²) in [5, 5.41) is -1.24. The minimum Gasteiger partial charge on any atom is -0.495 e. The van der Waals surface area contributed by atoms with Crippen LogP contribution in [0.25, 0.3) is 0 Å². The molecule has 1 heterocycles. The molecule has 7 heteroatoms. The molecular weight excluding hydrogens is 251 g/mol. The van der Waals surface area contributed by atoms with Gasteiger partial charge in [0.1, 0.15) is 16.5 Å². The SMILES string of the molecule is COc1c(C(F)F)cnc(C(=O)Cl)c1Cl. The lowest BCUT2D eigenvalue weighted by Crippen LogP contribution is -2.02. The van der Waals surface area contributed by atoms with Crippen LogP contribution in [0.2, 0.25) is 5.02 Å². The molecule has 0 spiro atoms. The Balaban J connectivity index is 3.39. The van der Waals surface area contributed by atoms with Crippen LogP contribution in [0, 0.1) is 0 Å². The largest absolute Gasteiger partial charge is 0.495 e. The molecule has 1 aromatic rings. The molecule has 0 aliphatic heterocycles. The van der Waals surface area contributed by atoms with E-state index in [0.717, 1.165) is 13.3 Å². The number of nitrogens with zero attached hydrogens (tertiary/aromatic N) is 1. The van der Waals surface area contributed by atoms with E-state index in [1.165, 1.54) is 0 Å². The van der Waals surface area contributed by atoms with Gasteiger partial charge in [0.2, 0.25) is 0 Å². The average Bonchev–Trinajstić information content (AvgIpc) is 2.16. The Morgan fingerprint density at radius 3 is 2.60 bits per heavy atom. The van der Waals surface area contributed by atoms with Crippen molar-refractivity contribution in [2.75, 3.05) is 7.11 Å². The van der Waals surface area contributed by atoms with Crippen molar-refractivity contribution in [1.29, 1.82) is 0 Å². The third-order valence-electron chi connectivity index (χ3n) is 1.63. The molecule has 0 unspecified atom stereocenters. The first kappa shape index (κ1) is 12.1. The summed E-state index contributed by atoms with van der Waals surface area (Å²) in [7, 11) is 1.16. The Kier molecular flexibility index (Phi) is 3.82. The summed E-state index contributed by atoms with van der Waals surface area (Å²) in [6.45, 7) is 0. The van der Waals surface area contributed by atoms with Crippen molar-refractivity contribution in [1.82, 2.24) is 4.98 Å². The van der Waals surface area contributed by atoms with Crippen molar-refractivity contribution in [3.05, 3.63) is 22.5 Å². The van der Waals surface area contributed by atoms with Gasteiger partial charge in [0.15, 0.2) is 0 Å². The van der Waals surface area contributed by atoms with Crippen LogP contribution in [0.3, 0.4) is 0 Å². The van der Waals surface area contributed by atoms with Gasteiger partial charge in [-0.15, -0.1) is 0 Å². The molecule has 0 radical (unpaired) electrons. The maximum absolute atomic E-state index is 12.4. The number of halogens is 4. The van der Waals surface area contributed by atoms with E-state index in [1.54, 1.807) is 0 Å². The molecule has 0 aliphatic carbocycles. The molecule has 15 heavy (non-hydrogen) atoms. The highest BCUT2D eigenvalue weighted by Gasteiger charge is 2.22. The maximum Gasteiger partial charge on any atom is 0.272 e. The number of pyridine rings is 1. The number of rotatable bonds is 3. The number of alkyl halides is 2. The second-order valence-electron chi connectivity index (χ2n) is 2.48. The van der Waals surface area contributed by atoms with Gasteiger partial charge in [0.25, 0.3) is 11.7 Å². The smallest absolute Gasteiger partial charge is 0.272 e. The molecule has 0 aliphatic rings. The normalized spacial score (nSPS) is 10.5. The average molecular weight is 256 g/mol. The second-order valence-corrected chi connectivity index (χ2v) is 3.21. The molecule has 1 aromatic heterocycles. The Morgan fingerprint density at radius 2 is 2.20 bits per heavy atom. The number of carbonyl (C=O) groups is 1. The van der Waals surface area contributed by atoms with Crippen LogP contribution in [-0.4, -0.2) is 17.3 Å². The molecule has 82 valence electrons. The third kappa shape index (κ3) is 2.35. The van der Waals surface area contributed by atoms with Crippen LogP contribution < -0.4 is 4.74 Å². The van der Waals surface area contributed by atoms with E-state index in [4.69, 9.17) is 23.2 Å². The van der Waals surface area contributed by atoms with Crippen molar-refractivity contribution >= 4 is 28.4 Å². The Labute approximate surface area is 94.0 Å². The highest BCUT2D eigenvalue weighted by molar-refractivity contribution is 6.68. The standard InChI is InChI=1S/C8H5Cl2F2NO2/c1-15-6-3(8(11)12)2-13-5(4(6)9)7(10)14/h2,8H,1H3. The van der Waals surface area contributed by atoms with Gasteiger partial charge < -0.3 is 4.74 Å². The summed E-state index contributed by atoms with van der Waals surface area (Å²) in [4.78, 5) is 14.2. The quantitative estimate of drug-likeness (QED) is 0.780. The lowest BCUT2D eigenvalue weighted by Gasteiger charge is -2.10. The molecule has 0 aromatic carbocycles. The van der Waals surface area contributed by atoms with E-state index in [2.05, 4.69) is 9.72 Å². The van der Waals surface area contributed by atoms with Crippen LogP contribution >= 0.6 is 23.2 Å². The van der Waals surface area contributed by atoms with Gasteiger partial charge in [-0.1, -0.05) is 11.6 Å². The van der Waals surface area contributed by atoms with Gasteiger partial charge >= 0.3 is 0 Å². The lowest BCUT2D eigenvalue weighted by molar-refractivity contribution is 0.107. The van der Waals surface area contributed by atoms with Gasteiger partial charge in [-0.05, 0) is 11.6 Å². The summed E-state index contributed by atoms with van der Waals surface area (Å²) in [5.74, 6) is -0.286. The van der Waals surface area contributed by atoms with Crippen molar-refractivity contribution in [3.8, 4) is 5.75 Å². The molecule has 0 saturated carbocycles. The summed E-state index contributed by atoms with van der Waals surface area (Å²) in [5.41, 5.74) is -0.788. The van der Waals surface area contributed by atoms with Gasteiger partial charge in [0, 0.05) is 6.20 Å². The van der Waals surface area contributed by atoms with Crippen molar-refractivity contribution < 1.29 is 18.3 Å². The summed E-state index contributed by atoms with van der Waals surface area (Å²) >= 11 is 10.8. The predicted molar refractivity (Wildman–Crippen MR) is 50.9 cm³/mol. The van der Waals surface area contributed by atoms with Gasteiger partial charge in [-0.25, -0.2) is 13.8 Å². The molecule has 0 saturated heterocycles. The third-order valence-corrected chi connectivity index (χ3v) is 2.16. The molecule has 1 rings (SSSR count). The Bertz CT molecular complexity index is 398. The van der Waals surface area contributed by atoms with E-state index in [1.807, 2.05) is 0 Å². The number of methoxy groups -OCH3 is 1. The van der Waals surface area contributed by atoms with Crippen LogP contribution in [0.4, 0.5) is 8.78 Å². The minimum atomic E-state index is -2.79. The topological polar surface area (TPSA) is 39.2 Å². The highest BCUT2D eigenvalue weighted by atomic mass is 35.5. The fourth-order valence-corrected chi connectivity index (χ4v) is 1.50. The zero-order valence-corrected chi connectivity index (χ0v) is 8.94. The molecular formula is C8H5Cl2F2NO2. The van der Waals surface area contributed by atoms with Crippen molar-refractivity contribution in [3.63, 3.8) is 0 Å². The minimum absolute atomic E-state index is 0.286. The molecule has 0 N–H and O–H groups in total. The van der Waals surface area contributed by atoms with E-state index >= 15 is 0 Å². The van der Waals surface area contributed by atoms with Gasteiger partial charge in [0.05, 0.1) is 12.7 Å². The molecule has 0 amide bonds. The fourth-order valence-electron chi connectivity index (χ4n) is 0.984. The summed E-state index contributed by atoms with van der Waals surface area (Å²) in [6.07, 6.45) is -1.98. The molecule has 3 nitrogen and oxygen atoms in total. The Hall–Kier alpha value is -0.940. The molecule has 0 atom stereocenters. The number of hydrogen-bond acceptors (Lipinski definition) is 3. The molecule has 0 fully saturated rings. The first-order chi connectivity index (χ1) is 6.99. The van der Waals surface area contributed by atoms with Crippen molar-refractivity contribution in [2.24, 2.45) is 0 Å². The zero-order chi connectivity index (χ0) is 11.6. The zero-order valence-electron chi connectivity index (χ0n) is 7.43. The first-order valence-electron chi connectivity index (χ1n) is 3.69. The fraction of sp³-hybridized carbons (Fsp3) is 0.250. The van der Waals surface area contributed by atoms with Crippen LogP contribution in [0.5, 0.6) is 5.75 Å². The van der Waals surface area contributed by atoms with Crippen LogP contribution in [0.15, 0.2) is 6.20 Å². The van der Waals surface area contributed by atoms with E-state index in [9.17, 15) is 13.6 Å². The number of aromatic nitrogens is 1. The van der Waals surface area contributed by atoms with E-state index in [0.29, 0.717) is 0 Å². The number of ether oxygens (including phenoxy) is 1. The number of hydrogen-bond donors (Lipinski definition) is 0. The predicted octanol–water partition coefficient (Wildman–Crippen LogP) is 3.06. The van der Waals surface area contributed by atoms with Crippen molar-refractivity contribution in [2.45, 2.75) is 6.43 Å². The van der Waals surface area contributed by atoms with Gasteiger partial charge in [-0.3, -0.25) is 4.79 Å². The van der Waals surface area contributed by atoms with Crippen LogP contribution in [-0.2, 0) is 0 Å². The Morgan fingerprint density at radius 1 is 1.60 bits per heavy atom.